The Morgan fingerprint density at radius 3 is 2.09 bits per heavy atom. The molecule has 8 heteroatoms. The number of nitrogens with one attached hydrogen (secondary N) is 1. The average Bonchev–Trinajstić information content (AvgIpc) is 1.83. The van der Waals surface area contributed by atoms with Gasteiger partial charge in [-0.1, -0.05) is 0 Å². The molecule has 0 saturated carbocycles. The Kier molecular flexibility index (Phi) is 3.59. The van der Waals surface area contributed by atoms with Crippen molar-refractivity contribution < 1.29 is 21.6 Å². The summed E-state index contributed by atoms with van der Waals surface area (Å²) >= 11 is 4.80. The number of halogens is 4. The van der Waals surface area contributed by atoms with Crippen molar-refractivity contribution in [3.05, 3.63) is 0 Å². The Morgan fingerprint density at radius 2 is 1.82 bits per heavy atom. The van der Waals surface area contributed by atoms with Crippen molar-refractivity contribution in [3.8, 4) is 0 Å². The van der Waals surface area contributed by atoms with Crippen LogP contribution < -0.4 is 4.72 Å². The van der Waals surface area contributed by atoms with E-state index in [1.807, 2.05) is 0 Å². The van der Waals surface area contributed by atoms with Crippen molar-refractivity contribution in [3.63, 3.8) is 0 Å². The zero-order valence-corrected chi connectivity index (χ0v) is 6.72. The first-order valence-corrected chi connectivity index (χ1v) is 4.55. The molecule has 68 valence electrons. The molecule has 0 aromatic heterocycles. The molecule has 0 aliphatic heterocycles. The summed E-state index contributed by atoms with van der Waals surface area (Å²) in [6.07, 6.45) is -4.54. The van der Waals surface area contributed by atoms with Crippen molar-refractivity contribution in [2.45, 2.75) is 6.18 Å². The van der Waals surface area contributed by atoms with Crippen LogP contribution in [0.25, 0.3) is 0 Å². The first-order chi connectivity index (χ1) is 4.77. The van der Waals surface area contributed by atoms with Crippen LogP contribution in [0.15, 0.2) is 0 Å². The second-order valence-electron chi connectivity index (χ2n) is 1.66. The van der Waals surface area contributed by atoms with Crippen molar-refractivity contribution in [2.75, 3.05) is 11.8 Å². The van der Waals surface area contributed by atoms with Crippen LogP contribution in [-0.4, -0.2) is 26.4 Å². The Bertz CT molecular complexity index is 211. The molecule has 0 unspecified atom stereocenters. The van der Waals surface area contributed by atoms with E-state index in [1.165, 1.54) is 4.72 Å². The number of alkyl halides is 4. The standard InChI is InChI=1S/C3H5ClF3NO2S/c4-2-11(9,10)8-1-3(5,6)7/h8H,1-2H2. The second kappa shape index (κ2) is 3.59. The molecule has 0 atom stereocenters. The van der Waals surface area contributed by atoms with Gasteiger partial charge in [0.15, 0.2) is 0 Å². The van der Waals surface area contributed by atoms with Gasteiger partial charge in [-0.2, -0.15) is 13.2 Å². The SMILES string of the molecule is O=S(=O)(CCl)NCC(F)(F)F. The molecule has 3 nitrogen and oxygen atoms in total. The lowest BCUT2D eigenvalue weighted by molar-refractivity contribution is -0.121. The average molecular weight is 212 g/mol. The van der Waals surface area contributed by atoms with Crippen LogP contribution in [0.2, 0.25) is 0 Å². The second-order valence-corrected chi connectivity index (χ2v) is 4.05. The van der Waals surface area contributed by atoms with Gasteiger partial charge in [0.2, 0.25) is 10.0 Å². The Morgan fingerprint density at radius 1 is 1.36 bits per heavy atom. The molecule has 0 heterocycles. The molecule has 0 bridgehead atoms. The minimum Gasteiger partial charge on any atom is -0.211 e. The molecule has 0 spiro atoms. The van der Waals surface area contributed by atoms with E-state index in [2.05, 4.69) is 0 Å². The molecule has 0 saturated heterocycles. The third kappa shape index (κ3) is 6.39. The highest BCUT2D eigenvalue weighted by atomic mass is 35.5. The summed E-state index contributed by atoms with van der Waals surface area (Å²) in [7, 11) is -3.96. The highest BCUT2D eigenvalue weighted by Crippen LogP contribution is 2.12. The summed E-state index contributed by atoms with van der Waals surface area (Å²) in [4.78, 5) is 0. The summed E-state index contributed by atoms with van der Waals surface area (Å²) in [6, 6.07) is 0. The third-order valence-corrected chi connectivity index (χ3v) is 2.37. The Labute approximate surface area is 66.6 Å². The van der Waals surface area contributed by atoms with E-state index in [1.54, 1.807) is 0 Å². The number of rotatable bonds is 3. The number of hydrogen-bond acceptors (Lipinski definition) is 2. The summed E-state index contributed by atoms with van der Waals surface area (Å²) < 4.78 is 55.9. The summed E-state index contributed by atoms with van der Waals surface area (Å²) in [5.74, 6) is 0. The number of sulfonamides is 1. The van der Waals surface area contributed by atoms with Gasteiger partial charge in [0, 0.05) is 0 Å². The first kappa shape index (κ1) is 11.0. The maximum Gasteiger partial charge on any atom is 0.402 e. The molecule has 11 heavy (non-hydrogen) atoms. The van der Waals surface area contributed by atoms with Gasteiger partial charge in [0.05, 0.1) is 0 Å². The highest BCUT2D eigenvalue weighted by Gasteiger charge is 2.28. The van der Waals surface area contributed by atoms with Gasteiger partial charge < -0.3 is 0 Å². The van der Waals surface area contributed by atoms with E-state index in [4.69, 9.17) is 11.6 Å². The summed E-state index contributed by atoms with van der Waals surface area (Å²) in [6.45, 7) is -1.58. The molecule has 0 fully saturated rings. The lowest BCUT2D eigenvalue weighted by Crippen LogP contribution is -2.34. The van der Waals surface area contributed by atoms with Gasteiger partial charge in [0.25, 0.3) is 0 Å². The molecule has 0 radical (unpaired) electrons. The van der Waals surface area contributed by atoms with Crippen LogP contribution in [-0.2, 0) is 10.0 Å². The van der Waals surface area contributed by atoms with Crippen molar-refractivity contribution >= 4 is 21.6 Å². The van der Waals surface area contributed by atoms with Gasteiger partial charge in [-0.05, 0) is 0 Å². The molecule has 0 rings (SSSR count). The van der Waals surface area contributed by atoms with Crippen molar-refractivity contribution in [1.82, 2.24) is 4.72 Å². The van der Waals surface area contributed by atoms with Gasteiger partial charge in [-0.25, -0.2) is 13.1 Å². The fraction of sp³-hybridized carbons (Fsp3) is 1.00. The monoisotopic (exact) mass is 211 g/mol. The molecule has 0 aromatic carbocycles. The van der Waals surface area contributed by atoms with Crippen LogP contribution in [0.1, 0.15) is 0 Å². The van der Waals surface area contributed by atoms with Crippen LogP contribution in [0.5, 0.6) is 0 Å². The molecular weight excluding hydrogens is 207 g/mol. The van der Waals surface area contributed by atoms with Crippen LogP contribution in [0, 0.1) is 0 Å². The fourth-order valence-electron chi connectivity index (χ4n) is 0.230. The third-order valence-electron chi connectivity index (χ3n) is 0.636. The molecule has 1 N–H and O–H groups in total. The van der Waals surface area contributed by atoms with Gasteiger partial charge in [-0.15, -0.1) is 11.6 Å². The van der Waals surface area contributed by atoms with Gasteiger partial charge in [-0.3, -0.25) is 0 Å². The van der Waals surface area contributed by atoms with E-state index in [-0.39, 0.29) is 0 Å². The van der Waals surface area contributed by atoms with Crippen LogP contribution in [0.4, 0.5) is 13.2 Å². The van der Waals surface area contributed by atoms with Crippen molar-refractivity contribution in [1.29, 1.82) is 0 Å². The van der Waals surface area contributed by atoms with E-state index >= 15 is 0 Å². The summed E-state index contributed by atoms with van der Waals surface area (Å²) in [5.41, 5.74) is 0. The Hall–Kier alpha value is -0.0100. The smallest absolute Gasteiger partial charge is 0.211 e. The fourth-order valence-corrected chi connectivity index (χ4v) is 0.923. The van der Waals surface area contributed by atoms with Crippen LogP contribution >= 0.6 is 11.6 Å². The minimum atomic E-state index is -4.54. The quantitative estimate of drug-likeness (QED) is 0.698. The molecule has 0 aliphatic rings. The lowest BCUT2D eigenvalue weighted by atomic mass is 10.7. The van der Waals surface area contributed by atoms with Gasteiger partial charge >= 0.3 is 6.18 Å². The highest BCUT2D eigenvalue weighted by molar-refractivity contribution is 7.90. The first-order valence-electron chi connectivity index (χ1n) is 2.37. The normalized spacial score (nSPS) is 13.5. The zero-order valence-electron chi connectivity index (χ0n) is 5.15. The maximum atomic E-state index is 11.4. The Balaban J connectivity index is 3.91. The van der Waals surface area contributed by atoms with Crippen LogP contribution in [0.3, 0.4) is 0 Å². The predicted molar refractivity (Wildman–Crippen MR) is 33.7 cm³/mol. The van der Waals surface area contributed by atoms with Gasteiger partial charge in [0.1, 0.15) is 11.8 Å². The van der Waals surface area contributed by atoms with E-state index in [0.29, 0.717) is 0 Å². The van der Waals surface area contributed by atoms with Crippen molar-refractivity contribution in [2.24, 2.45) is 0 Å². The maximum absolute atomic E-state index is 11.4. The largest absolute Gasteiger partial charge is 0.402 e. The lowest BCUT2D eigenvalue weighted by Gasteiger charge is -2.06. The van der Waals surface area contributed by atoms with E-state index in [9.17, 15) is 21.6 Å². The molecule has 0 aliphatic carbocycles. The molecule has 0 aromatic rings. The number of hydrogen-bond donors (Lipinski definition) is 1. The molecular formula is C3H5ClF3NO2S. The summed E-state index contributed by atoms with van der Waals surface area (Å²) in [5, 5.41) is -0.872. The predicted octanol–water partition coefficient (Wildman–Crippen LogP) is 0.664. The van der Waals surface area contributed by atoms with E-state index in [0.717, 1.165) is 0 Å². The molecule has 0 amide bonds. The minimum absolute atomic E-state index is 0.872. The zero-order chi connectivity index (χ0) is 9.12. The van der Waals surface area contributed by atoms with E-state index < -0.39 is 28.0 Å². The topological polar surface area (TPSA) is 46.2 Å².